The van der Waals surface area contributed by atoms with Crippen LogP contribution in [0.5, 0.6) is 0 Å². The first-order valence-electron chi connectivity index (χ1n) is 6.57. The molecular formula is C12H17F6NO2. The van der Waals surface area contributed by atoms with Gasteiger partial charge in [0.05, 0.1) is 12.5 Å². The molecule has 0 aromatic rings. The Morgan fingerprint density at radius 1 is 1.14 bits per heavy atom. The molecule has 0 saturated heterocycles. The van der Waals surface area contributed by atoms with Gasteiger partial charge in [-0.2, -0.15) is 26.3 Å². The monoisotopic (exact) mass is 321 g/mol. The van der Waals surface area contributed by atoms with Crippen molar-refractivity contribution in [3.63, 3.8) is 0 Å². The Labute approximate surface area is 117 Å². The van der Waals surface area contributed by atoms with E-state index in [1.54, 1.807) is 0 Å². The zero-order valence-electron chi connectivity index (χ0n) is 11.2. The van der Waals surface area contributed by atoms with E-state index < -0.39 is 56.2 Å². The smallest absolute Gasteiger partial charge is 0.395 e. The molecule has 1 rings (SSSR count). The maximum absolute atomic E-state index is 12.7. The first-order valence-corrected chi connectivity index (χ1v) is 6.57. The first kappa shape index (κ1) is 18.1. The second-order valence-corrected chi connectivity index (χ2v) is 5.20. The zero-order chi connectivity index (χ0) is 16.3. The summed E-state index contributed by atoms with van der Waals surface area (Å²) in [6.07, 6.45) is -9.38. The lowest BCUT2D eigenvalue weighted by atomic mass is 9.80. The van der Waals surface area contributed by atoms with E-state index >= 15 is 0 Å². The van der Waals surface area contributed by atoms with E-state index in [-0.39, 0.29) is 19.3 Å². The van der Waals surface area contributed by atoms with Crippen LogP contribution in [0.4, 0.5) is 26.3 Å². The molecule has 0 aromatic heterocycles. The molecule has 21 heavy (non-hydrogen) atoms. The number of nitrogens with zero attached hydrogens (tertiary/aromatic N) is 1. The summed E-state index contributed by atoms with van der Waals surface area (Å²) in [7, 11) is 0. The van der Waals surface area contributed by atoms with Crippen LogP contribution in [0.2, 0.25) is 0 Å². The van der Waals surface area contributed by atoms with Gasteiger partial charge < -0.3 is 10.0 Å². The summed E-state index contributed by atoms with van der Waals surface area (Å²) in [5.74, 6) is -3.68. The summed E-state index contributed by atoms with van der Waals surface area (Å²) in [4.78, 5) is 12.4. The van der Waals surface area contributed by atoms with E-state index in [2.05, 4.69) is 0 Å². The van der Waals surface area contributed by atoms with Gasteiger partial charge in [0.2, 0.25) is 5.91 Å². The van der Waals surface area contributed by atoms with E-state index in [1.807, 2.05) is 0 Å². The number of carbonyl (C=O) groups is 1. The Bertz CT molecular complexity index is 355. The van der Waals surface area contributed by atoms with Crippen molar-refractivity contribution in [1.29, 1.82) is 0 Å². The van der Waals surface area contributed by atoms with Crippen LogP contribution in [-0.2, 0) is 4.79 Å². The van der Waals surface area contributed by atoms with Gasteiger partial charge in [0.15, 0.2) is 0 Å². The van der Waals surface area contributed by atoms with Crippen molar-refractivity contribution in [2.24, 2.45) is 11.8 Å². The van der Waals surface area contributed by atoms with Crippen molar-refractivity contribution in [3.8, 4) is 0 Å². The minimum atomic E-state index is -4.65. The highest BCUT2D eigenvalue weighted by Crippen LogP contribution is 2.40. The largest absolute Gasteiger partial charge is 0.406 e. The molecule has 1 N–H and O–H groups in total. The van der Waals surface area contributed by atoms with Gasteiger partial charge in [0, 0.05) is 12.5 Å². The van der Waals surface area contributed by atoms with Crippen LogP contribution in [0.15, 0.2) is 0 Å². The van der Waals surface area contributed by atoms with E-state index in [0.717, 1.165) is 0 Å². The van der Waals surface area contributed by atoms with Crippen molar-refractivity contribution in [1.82, 2.24) is 4.90 Å². The third-order valence-electron chi connectivity index (χ3n) is 3.54. The third-order valence-corrected chi connectivity index (χ3v) is 3.54. The molecule has 0 aliphatic heterocycles. The molecule has 0 heterocycles. The average molecular weight is 321 g/mol. The average Bonchev–Trinajstić information content (AvgIpc) is 2.35. The molecule has 9 heteroatoms. The summed E-state index contributed by atoms with van der Waals surface area (Å²) in [5.41, 5.74) is 0. The van der Waals surface area contributed by atoms with Crippen molar-refractivity contribution in [2.45, 2.75) is 38.0 Å². The molecule has 1 aliphatic carbocycles. The fourth-order valence-electron chi connectivity index (χ4n) is 2.57. The number of aliphatic hydroxyl groups excluding tert-OH is 1. The third kappa shape index (κ3) is 5.72. The zero-order valence-corrected chi connectivity index (χ0v) is 11.2. The van der Waals surface area contributed by atoms with Gasteiger partial charge in [-0.3, -0.25) is 4.79 Å². The van der Waals surface area contributed by atoms with Crippen LogP contribution >= 0.6 is 0 Å². The fraction of sp³-hybridized carbons (Fsp3) is 0.917. The van der Waals surface area contributed by atoms with Crippen LogP contribution in [0.25, 0.3) is 0 Å². The van der Waals surface area contributed by atoms with Gasteiger partial charge in [-0.15, -0.1) is 0 Å². The Hall–Kier alpha value is -0.990. The van der Waals surface area contributed by atoms with E-state index in [0.29, 0.717) is 4.90 Å². The van der Waals surface area contributed by atoms with Crippen molar-refractivity contribution < 1.29 is 36.2 Å². The summed E-state index contributed by atoms with van der Waals surface area (Å²) >= 11 is 0. The molecule has 0 radical (unpaired) electrons. The molecular weight excluding hydrogens is 304 g/mol. The second kappa shape index (κ2) is 6.85. The lowest BCUT2D eigenvalue weighted by Gasteiger charge is -2.33. The van der Waals surface area contributed by atoms with Gasteiger partial charge in [-0.1, -0.05) is 6.42 Å². The molecule has 3 nitrogen and oxygen atoms in total. The molecule has 0 bridgehead atoms. The fourth-order valence-corrected chi connectivity index (χ4v) is 2.57. The SMILES string of the molecule is O=C(C1CCCC(C(F)(F)F)C1)N(CCO)CC(F)(F)F. The van der Waals surface area contributed by atoms with Crippen LogP contribution in [0, 0.1) is 11.8 Å². The summed E-state index contributed by atoms with van der Waals surface area (Å²) in [6, 6.07) is 0. The Morgan fingerprint density at radius 2 is 1.76 bits per heavy atom. The number of amides is 1. The number of hydrogen-bond acceptors (Lipinski definition) is 2. The summed E-state index contributed by atoms with van der Waals surface area (Å²) in [6.45, 7) is -2.76. The van der Waals surface area contributed by atoms with Crippen LogP contribution in [-0.4, -0.2) is 48.0 Å². The van der Waals surface area contributed by atoms with Gasteiger partial charge in [-0.25, -0.2) is 0 Å². The Kier molecular flexibility index (Phi) is 5.89. The number of rotatable bonds is 4. The molecule has 2 atom stereocenters. The topological polar surface area (TPSA) is 40.5 Å². The molecule has 1 aliphatic rings. The number of halogens is 6. The molecule has 0 aromatic carbocycles. The van der Waals surface area contributed by atoms with E-state index in [1.165, 1.54) is 0 Å². The maximum Gasteiger partial charge on any atom is 0.406 e. The van der Waals surface area contributed by atoms with Gasteiger partial charge >= 0.3 is 12.4 Å². The lowest BCUT2D eigenvalue weighted by molar-refractivity contribution is -0.189. The maximum atomic E-state index is 12.7. The van der Waals surface area contributed by atoms with E-state index in [9.17, 15) is 31.1 Å². The van der Waals surface area contributed by atoms with Crippen molar-refractivity contribution in [2.75, 3.05) is 19.7 Å². The number of hydrogen-bond donors (Lipinski definition) is 1. The molecule has 1 fully saturated rings. The minimum absolute atomic E-state index is 0.105. The number of alkyl halides is 6. The number of carbonyl (C=O) groups excluding carboxylic acids is 1. The predicted octanol–water partition coefficient (Wildman–Crippen LogP) is 2.74. The summed E-state index contributed by atoms with van der Waals surface area (Å²) < 4.78 is 75.1. The first-order chi connectivity index (χ1) is 9.54. The van der Waals surface area contributed by atoms with Gasteiger partial charge in [-0.05, 0) is 19.3 Å². The molecule has 1 saturated carbocycles. The standard InChI is InChI=1S/C12H17F6NO2/c13-11(14,15)7-19(4-5-20)10(21)8-2-1-3-9(6-8)12(16,17)18/h8-9,20H,1-7H2. The van der Waals surface area contributed by atoms with Gasteiger partial charge in [0.25, 0.3) is 0 Å². The van der Waals surface area contributed by atoms with Gasteiger partial charge in [0.1, 0.15) is 6.54 Å². The van der Waals surface area contributed by atoms with Crippen LogP contribution < -0.4 is 0 Å². The minimum Gasteiger partial charge on any atom is -0.395 e. The highest BCUT2D eigenvalue weighted by Gasteiger charge is 2.45. The lowest BCUT2D eigenvalue weighted by Crippen LogP contribution is -2.45. The second-order valence-electron chi connectivity index (χ2n) is 5.20. The van der Waals surface area contributed by atoms with Crippen LogP contribution in [0.3, 0.4) is 0 Å². The van der Waals surface area contributed by atoms with Crippen molar-refractivity contribution >= 4 is 5.91 Å². The normalized spacial score (nSPS) is 24.0. The summed E-state index contributed by atoms with van der Waals surface area (Å²) in [5, 5.41) is 8.72. The highest BCUT2D eigenvalue weighted by atomic mass is 19.4. The van der Waals surface area contributed by atoms with E-state index in [4.69, 9.17) is 5.11 Å². The molecule has 0 spiro atoms. The Balaban J connectivity index is 2.74. The van der Waals surface area contributed by atoms with Crippen LogP contribution in [0.1, 0.15) is 25.7 Å². The highest BCUT2D eigenvalue weighted by molar-refractivity contribution is 5.79. The Morgan fingerprint density at radius 3 is 2.24 bits per heavy atom. The number of aliphatic hydroxyl groups is 1. The molecule has 2 unspecified atom stereocenters. The molecule has 1 amide bonds. The predicted molar refractivity (Wildman–Crippen MR) is 61.2 cm³/mol. The van der Waals surface area contributed by atoms with Crippen molar-refractivity contribution in [3.05, 3.63) is 0 Å². The quantitative estimate of drug-likeness (QED) is 0.809. The molecule has 124 valence electrons.